The van der Waals surface area contributed by atoms with Crippen molar-refractivity contribution in [3.63, 3.8) is 0 Å². The molecule has 0 saturated heterocycles. The molecule has 2 aromatic rings. The first-order chi connectivity index (χ1) is 9.10. The lowest BCUT2D eigenvalue weighted by atomic mass is 10.0. The highest BCUT2D eigenvalue weighted by Crippen LogP contribution is 2.28. The maximum absolute atomic E-state index is 11.1. The molecule has 3 nitrogen and oxygen atoms in total. The normalized spacial score (nSPS) is 10.5. The first-order valence-corrected chi connectivity index (χ1v) is 6.34. The number of ether oxygens (including phenoxy) is 1. The summed E-state index contributed by atoms with van der Waals surface area (Å²) in [5.41, 5.74) is 2.14. The van der Waals surface area contributed by atoms with Gasteiger partial charge in [0.05, 0.1) is 12.3 Å². The lowest BCUT2D eigenvalue weighted by molar-refractivity contribution is 0.112. The van der Waals surface area contributed by atoms with E-state index < -0.39 is 0 Å². The van der Waals surface area contributed by atoms with Crippen molar-refractivity contribution in [2.45, 2.75) is 20.0 Å². The highest BCUT2D eigenvalue weighted by atomic mass is 35.5. The maximum atomic E-state index is 11.1. The number of carbonyl (C=O) groups excluding carboxylic acids is 1. The van der Waals surface area contributed by atoms with Crippen molar-refractivity contribution >= 4 is 17.9 Å². The minimum absolute atomic E-state index is 0.0713. The minimum atomic E-state index is 0.0713. The Bertz CT molecular complexity index is 596. The SMILES string of the molecule is CC(C)Oc1cncc(-c2cc(Cl)ccc2C=O)c1. The van der Waals surface area contributed by atoms with Crippen LogP contribution in [0.3, 0.4) is 0 Å². The average molecular weight is 276 g/mol. The zero-order valence-corrected chi connectivity index (χ0v) is 11.5. The third-order valence-corrected chi connectivity index (χ3v) is 2.77. The van der Waals surface area contributed by atoms with Crippen molar-refractivity contribution in [3.05, 3.63) is 47.2 Å². The Balaban J connectivity index is 2.46. The summed E-state index contributed by atoms with van der Waals surface area (Å²) in [6, 6.07) is 6.99. The Morgan fingerprint density at radius 3 is 2.74 bits per heavy atom. The number of rotatable bonds is 4. The van der Waals surface area contributed by atoms with Gasteiger partial charge in [-0.1, -0.05) is 11.6 Å². The molecule has 0 fully saturated rings. The molecule has 0 amide bonds. The molecule has 0 bridgehead atoms. The van der Waals surface area contributed by atoms with Crippen LogP contribution in [0.25, 0.3) is 11.1 Å². The van der Waals surface area contributed by atoms with E-state index in [1.54, 1.807) is 30.6 Å². The molecule has 0 aliphatic heterocycles. The molecule has 19 heavy (non-hydrogen) atoms. The highest BCUT2D eigenvalue weighted by Gasteiger charge is 2.08. The number of hydrogen-bond donors (Lipinski definition) is 0. The van der Waals surface area contributed by atoms with Crippen molar-refractivity contribution in [1.29, 1.82) is 0 Å². The summed E-state index contributed by atoms with van der Waals surface area (Å²) in [6.07, 6.45) is 4.21. The van der Waals surface area contributed by atoms with E-state index in [2.05, 4.69) is 4.98 Å². The molecule has 0 aliphatic rings. The number of pyridine rings is 1. The zero-order chi connectivity index (χ0) is 13.8. The molecule has 0 aliphatic carbocycles. The predicted octanol–water partition coefficient (Wildman–Crippen LogP) is 4.00. The molecule has 1 aromatic carbocycles. The standard InChI is InChI=1S/C15H14ClNO2/c1-10(2)19-14-5-12(7-17-8-14)15-6-13(16)4-3-11(15)9-18/h3-10H,1-2H3. The predicted molar refractivity (Wildman–Crippen MR) is 75.8 cm³/mol. The second-order valence-corrected chi connectivity index (χ2v) is 4.86. The van der Waals surface area contributed by atoms with Crippen molar-refractivity contribution in [2.24, 2.45) is 0 Å². The van der Waals surface area contributed by atoms with E-state index in [0.29, 0.717) is 16.3 Å². The van der Waals surface area contributed by atoms with Gasteiger partial charge in [-0.2, -0.15) is 0 Å². The quantitative estimate of drug-likeness (QED) is 0.792. The molecule has 0 saturated carbocycles. The lowest BCUT2D eigenvalue weighted by Gasteiger charge is -2.11. The molecule has 2 rings (SSSR count). The third kappa shape index (κ3) is 3.32. The van der Waals surface area contributed by atoms with Crippen LogP contribution < -0.4 is 4.74 Å². The monoisotopic (exact) mass is 275 g/mol. The molecule has 1 aromatic heterocycles. The molecule has 0 unspecified atom stereocenters. The van der Waals surface area contributed by atoms with Gasteiger partial charge >= 0.3 is 0 Å². The van der Waals surface area contributed by atoms with Crippen molar-refractivity contribution in [1.82, 2.24) is 4.98 Å². The Kier molecular flexibility index (Phi) is 4.17. The van der Waals surface area contributed by atoms with Crippen LogP contribution in [0.4, 0.5) is 0 Å². The number of aromatic nitrogens is 1. The maximum Gasteiger partial charge on any atom is 0.150 e. The number of aldehydes is 1. The van der Waals surface area contributed by atoms with E-state index in [4.69, 9.17) is 16.3 Å². The summed E-state index contributed by atoms with van der Waals surface area (Å²) >= 11 is 5.98. The van der Waals surface area contributed by atoms with Crippen molar-refractivity contribution < 1.29 is 9.53 Å². The number of hydrogen-bond acceptors (Lipinski definition) is 3. The van der Waals surface area contributed by atoms with E-state index >= 15 is 0 Å². The molecule has 0 N–H and O–H groups in total. The summed E-state index contributed by atoms with van der Waals surface area (Å²) in [6.45, 7) is 3.89. The van der Waals surface area contributed by atoms with E-state index in [1.807, 2.05) is 19.9 Å². The van der Waals surface area contributed by atoms with E-state index in [1.165, 1.54) is 0 Å². The Labute approximate surface area is 117 Å². The fourth-order valence-corrected chi connectivity index (χ4v) is 1.96. The molecule has 98 valence electrons. The summed E-state index contributed by atoms with van der Waals surface area (Å²) in [7, 11) is 0. The van der Waals surface area contributed by atoms with Gasteiger partial charge in [-0.3, -0.25) is 9.78 Å². The first kappa shape index (κ1) is 13.6. The van der Waals surface area contributed by atoms with Crippen LogP contribution in [-0.2, 0) is 0 Å². The van der Waals surface area contributed by atoms with Gasteiger partial charge in [0.2, 0.25) is 0 Å². The van der Waals surface area contributed by atoms with Gasteiger partial charge in [0, 0.05) is 22.3 Å². The second-order valence-electron chi connectivity index (χ2n) is 4.43. The van der Waals surface area contributed by atoms with E-state index in [0.717, 1.165) is 17.4 Å². The fraction of sp³-hybridized carbons (Fsp3) is 0.200. The van der Waals surface area contributed by atoms with Gasteiger partial charge in [-0.15, -0.1) is 0 Å². The topological polar surface area (TPSA) is 39.2 Å². The van der Waals surface area contributed by atoms with E-state index in [9.17, 15) is 4.79 Å². The molecule has 4 heteroatoms. The Morgan fingerprint density at radius 2 is 2.05 bits per heavy atom. The summed E-state index contributed by atoms with van der Waals surface area (Å²) in [5.74, 6) is 0.671. The minimum Gasteiger partial charge on any atom is -0.489 e. The zero-order valence-electron chi connectivity index (χ0n) is 10.8. The van der Waals surface area contributed by atoms with Gasteiger partial charge in [0.15, 0.2) is 6.29 Å². The number of benzene rings is 1. The van der Waals surface area contributed by atoms with Crippen LogP contribution in [0.1, 0.15) is 24.2 Å². The highest BCUT2D eigenvalue weighted by molar-refractivity contribution is 6.31. The molecule has 0 atom stereocenters. The molecule has 1 heterocycles. The molecule has 0 spiro atoms. The van der Waals surface area contributed by atoms with Crippen LogP contribution in [0.5, 0.6) is 5.75 Å². The smallest absolute Gasteiger partial charge is 0.150 e. The fourth-order valence-electron chi connectivity index (χ4n) is 1.78. The van der Waals surface area contributed by atoms with Gasteiger partial charge in [-0.05, 0) is 43.7 Å². The van der Waals surface area contributed by atoms with Crippen LogP contribution in [0.2, 0.25) is 5.02 Å². The van der Waals surface area contributed by atoms with Crippen molar-refractivity contribution in [2.75, 3.05) is 0 Å². The van der Waals surface area contributed by atoms with E-state index in [-0.39, 0.29) is 6.10 Å². The summed E-state index contributed by atoms with van der Waals surface area (Å²) in [4.78, 5) is 15.2. The lowest BCUT2D eigenvalue weighted by Crippen LogP contribution is -2.05. The van der Waals surface area contributed by atoms with Gasteiger partial charge < -0.3 is 4.74 Å². The number of halogens is 1. The average Bonchev–Trinajstić information content (AvgIpc) is 2.38. The van der Waals surface area contributed by atoms with Gasteiger partial charge in [0.1, 0.15) is 5.75 Å². The Morgan fingerprint density at radius 1 is 1.26 bits per heavy atom. The molecular weight excluding hydrogens is 262 g/mol. The number of carbonyl (C=O) groups is 1. The van der Waals surface area contributed by atoms with Crippen LogP contribution in [-0.4, -0.2) is 17.4 Å². The number of nitrogens with zero attached hydrogens (tertiary/aromatic N) is 1. The van der Waals surface area contributed by atoms with Gasteiger partial charge in [0.25, 0.3) is 0 Å². The summed E-state index contributed by atoms with van der Waals surface area (Å²) in [5, 5.41) is 0.579. The van der Waals surface area contributed by atoms with Gasteiger partial charge in [-0.25, -0.2) is 0 Å². The first-order valence-electron chi connectivity index (χ1n) is 5.97. The Hall–Kier alpha value is -1.87. The third-order valence-electron chi connectivity index (χ3n) is 2.54. The molecule has 0 radical (unpaired) electrons. The summed E-state index contributed by atoms with van der Waals surface area (Å²) < 4.78 is 5.60. The van der Waals surface area contributed by atoms with Crippen molar-refractivity contribution in [3.8, 4) is 16.9 Å². The van der Waals surface area contributed by atoms with Crippen LogP contribution in [0, 0.1) is 0 Å². The second kappa shape index (κ2) is 5.85. The molecular formula is C15H14ClNO2. The van der Waals surface area contributed by atoms with Crippen LogP contribution >= 0.6 is 11.6 Å². The largest absolute Gasteiger partial charge is 0.489 e. The van der Waals surface area contributed by atoms with Crippen LogP contribution in [0.15, 0.2) is 36.7 Å².